The fourth-order valence-corrected chi connectivity index (χ4v) is 3.19. The molecule has 1 saturated heterocycles. The van der Waals surface area contributed by atoms with Crippen molar-refractivity contribution in [1.29, 1.82) is 0 Å². The summed E-state index contributed by atoms with van der Waals surface area (Å²) >= 11 is 0. The number of methoxy groups -OCH3 is 1. The first-order chi connectivity index (χ1) is 8.02. The molecule has 98 valence electrons. The van der Waals surface area contributed by atoms with Crippen molar-refractivity contribution >= 4 is 5.97 Å². The number of hydrogen-bond acceptors (Lipinski definition) is 4. The van der Waals surface area contributed by atoms with E-state index in [4.69, 9.17) is 14.2 Å². The van der Waals surface area contributed by atoms with Crippen LogP contribution in [0, 0.1) is 11.3 Å². The summed E-state index contributed by atoms with van der Waals surface area (Å²) in [6.45, 7) is 5.61. The Kier molecular flexibility index (Phi) is 3.46. The Morgan fingerprint density at radius 3 is 2.59 bits per heavy atom. The first-order valence-corrected chi connectivity index (χ1v) is 6.36. The average molecular weight is 242 g/mol. The topological polar surface area (TPSA) is 44.8 Å². The van der Waals surface area contributed by atoms with Gasteiger partial charge in [0.2, 0.25) is 0 Å². The Balaban J connectivity index is 2.15. The molecule has 0 N–H and O–H groups in total. The molecular weight excluding hydrogens is 220 g/mol. The van der Waals surface area contributed by atoms with Crippen molar-refractivity contribution in [1.82, 2.24) is 0 Å². The number of hydrogen-bond donors (Lipinski definition) is 0. The van der Waals surface area contributed by atoms with Gasteiger partial charge in [-0.05, 0) is 18.8 Å². The molecule has 1 saturated carbocycles. The molecule has 4 heteroatoms. The van der Waals surface area contributed by atoms with Crippen LogP contribution in [0.1, 0.15) is 39.5 Å². The van der Waals surface area contributed by atoms with Crippen LogP contribution in [0.4, 0.5) is 0 Å². The molecule has 1 spiro atoms. The largest absolute Gasteiger partial charge is 0.469 e. The van der Waals surface area contributed by atoms with Gasteiger partial charge in [0.1, 0.15) is 0 Å². The predicted octanol–water partition coefficient (Wildman–Crippen LogP) is 2.12. The second-order valence-electron chi connectivity index (χ2n) is 5.54. The van der Waals surface area contributed by atoms with Gasteiger partial charge in [-0.3, -0.25) is 4.79 Å². The van der Waals surface area contributed by atoms with Crippen LogP contribution in [-0.2, 0) is 19.0 Å². The van der Waals surface area contributed by atoms with Crippen molar-refractivity contribution in [2.75, 3.05) is 20.3 Å². The SMILES string of the molecule is COC(=O)CC1CCCC2(OCCO2)C1(C)C. The zero-order valence-corrected chi connectivity index (χ0v) is 11.0. The van der Waals surface area contributed by atoms with Crippen LogP contribution >= 0.6 is 0 Å². The van der Waals surface area contributed by atoms with E-state index in [0.717, 1.165) is 19.3 Å². The normalized spacial score (nSPS) is 30.4. The number of carbonyl (C=O) groups is 1. The molecule has 0 bridgehead atoms. The van der Waals surface area contributed by atoms with Crippen molar-refractivity contribution in [3.63, 3.8) is 0 Å². The van der Waals surface area contributed by atoms with Gasteiger partial charge in [-0.15, -0.1) is 0 Å². The van der Waals surface area contributed by atoms with Gasteiger partial charge >= 0.3 is 5.97 Å². The molecule has 1 unspecified atom stereocenters. The van der Waals surface area contributed by atoms with Crippen molar-refractivity contribution in [2.24, 2.45) is 11.3 Å². The third-order valence-corrected chi connectivity index (χ3v) is 4.46. The Morgan fingerprint density at radius 2 is 2.00 bits per heavy atom. The van der Waals surface area contributed by atoms with Crippen LogP contribution in [0.25, 0.3) is 0 Å². The highest BCUT2D eigenvalue weighted by Crippen LogP contribution is 2.53. The number of rotatable bonds is 2. The summed E-state index contributed by atoms with van der Waals surface area (Å²) in [4.78, 5) is 11.5. The molecule has 1 aliphatic carbocycles. The molecule has 1 atom stereocenters. The number of ether oxygens (including phenoxy) is 3. The second kappa shape index (κ2) is 4.58. The van der Waals surface area contributed by atoms with E-state index >= 15 is 0 Å². The highest BCUT2D eigenvalue weighted by molar-refractivity contribution is 5.69. The maximum atomic E-state index is 11.5. The van der Waals surface area contributed by atoms with Crippen molar-refractivity contribution in [2.45, 2.75) is 45.3 Å². The lowest BCUT2D eigenvalue weighted by atomic mass is 9.63. The maximum absolute atomic E-state index is 11.5. The summed E-state index contributed by atoms with van der Waals surface area (Å²) in [6, 6.07) is 0. The molecule has 0 amide bonds. The number of esters is 1. The summed E-state index contributed by atoms with van der Waals surface area (Å²) in [5, 5.41) is 0. The minimum absolute atomic E-state index is 0.141. The van der Waals surface area contributed by atoms with Gasteiger partial charge in [-0.1, -0.05) is 13.8 Å². The predicted molar refractivity (Wildman–Crippen MR) is 62.4 cm³/mol. The molecule has 1 aliphatic heterocycles. The Bertz CT molecular complexity index is 292. The third-order valence-electron chi connectivity index (χ3n) is 4.46. The summed E-state index contributed by atoms with van der Waals surface area (Å²) in [5.74, 6) is -0.357. The fraction of sp³-hybridized carbons (Fsp3) is 0.923. The van der Waals surface area contributed by atoms with E-state index in [0.29, 0.717) is 19.6 Å². The van der Waals surface area contributed by atoms with Gasteiger partial charge in [-0.2, -0.15) is 0 Å². The molecule has 2 fully saturated rings. The van der Waals surface area contributed by atoms with E-state index in [2.05, 4.69) is 13.8 Å². The lowest BCUT2D eigenvalue weighted by Gasteiger charge is -2.50. The van der Waals surface area contributed by atoms with E-state index in [9.17, 15) is 4.79 Å². The quantitative estimate of drug-likeness (QED) is 0.696. The van der Waals surface area contributed by atoms with Gasteiger partial charge in [0.15, 0.2) is 5.79 Å². The highest BCUT2D eigenvalue weighted by atomic mass is 16.7. The number of carbonyl (C=O) groups excluding carboxylic acids is 1. The van der Waals surface area contributed by atoms with Crippen LogP contribution < -0.4 is 0 Å². The van der Waals surface area contributed by atoms with Crippen LogP contribution in [0.15, 0.2) is 0 Å². The van der Waals surface area contributed by atoms with Gasteiger partial charge in [0.25, 0.3) is 0 Å². The summed E-state index contributed by atoms with van der Waals surface area (Å²) in [6.07, 6.45) is 3.47. The summed E-state index contributed by atoms with van der Waals surface area (Å²) in [7, 11) is 1.44. The van der Waals surface area contributed by atoms with E-state index in [-0.39, 0.29) is 17.3 Å². The second-order valence-corrected chi connectivity index (χ2v) is 5.54. The smallest absolute Gasteiger partial charge is 0.305 e. The van der Waals surface area contributed by atoms with Gasteiger partial charge in [0, 0.05) is 18.3 Å². The molecule has 0 aromatic rings. The minimum Gasteiger partial charge on any atom is -0.469 e. The Morgan fingerprint density at radius 1 is 1.35 bits per heavy atom. The van der Waals surface area contributed by atoms with Gasteiger partial charge < -0.3 is 14.2 Å². The van der Waals surface area contributed by atoms with Gasteiger partial charge in [0.05, 0.1) is 20.3 Å². The monoisotopic (exact) mass is 242 g/mol. The van der Waals surface area contributed by atoms with E-state index in [1.165, 1.54) is 7.11 Å². The third kappa shape index (κ3) is 2.08. The molecule has 0 radical (unpaired) electrons. The molecule has 0 aromatic heterocycles. The van der Waals surface area contributed by atoms with Crippen LogP contribution in [-0.4, -0.2) is 32.1 Å². The standard InChI is InChI=1S/C13H22O4/c1-12(2)10(9-11(14)15-3)5-4-6-13(12)16-7-8-17-13/h10H,4-9H2,1-3H3. The molecule has 2 aliphatic rings. The first kappa shape index (κ1) is 12.8. The zero-order chi connectivity index (χ0) is 12.5. The van der Waals surface area contributed by atoms with Crippen LogP contribution in [0.5, 0.6) is 0 Å². The van der Waals surface area contributed by atoms with E-state index < -0.39 is 5.79 Å². The molecule has 4 nitrogen and oxygen atoms in total. The Hall–Kier alpha value is -0.610. The zero-order valence-electron chi connectivity index (χ0n) is 11.0. The molecule has 1 heterocycles. The summed E-state index contributed by atoms with van der Waals surface area (Å²) in [5.41, 5.74) is -0.143. The fourth-order valence-electron chi connectivity index (χ4n) is 3.19. The first-order valence-electron chi connectivity index (χ1n) is 6.36. The molecule has 17 heavy (non-hydrogen) atoms. The average Bonchev–Trinajstić information content (AvgIpc) is 2.76. The van der Waals surface area contributed by atoms with Crippen LogP contribution in [0.2, 0.25) is 0 Å². The lowest BCUT2D eigenvalue weighted by Crippen LogP contribution is -2.53. The highest BCUT2D eigenvalue weighted by Gasteiger charge is 2.56. The summed E-state index contributed by atoms with van der Waals surface area (Å²) < 4.78 is 16.5. The maximum Gasteiger partial charge on any atom is 0.305 e. The van der Waals surface area contributed by atoms with Crippen molar-refractivity contribution in [3.8, 4) is 0 Å². The van der Waals surface area contributed by atoms with Crippen LogP contribution in [0.3, 0.4) is 0 Å². The molecular formula is C13H22O4. The molecule has 2 rings (SSSR count). The van der Waals surface area contributed by atoms with Crippen molar-refractivity contribution in [3.05, 3.63) is 0 Å². The minimum atomic E-state index is -0.482. The van der Waals surface area contributed by atoms with Gasteiger partial charge in [-0.25, -0.2) is 0 Å². The molecule has 0 aromatic carbocycles. The Labute approximate surface area is 103 Å². The van der Waals surface area contributed by atoms with E-state index in [1.54, 1.807) is 0 Å². The lowest BCUT2D eigenvalue weighted by molar-refractivity contribution is -0.262. The van der Waals surface area contributed by atoms with E-state index in [1.807, 2.05) is 0 Å². The van der Waals surface area contributed by atoms with Crippen molar-refractivity contribution < 1.29 is 19.0 Å².